The van der Waals surface area contributed by atoms with Gasteiger partial charge in [0.15, 0.2) is 11.6 Å². The first kappa shape index (κ1) is 27.4. The summed E-state index contributed by atoms with van der Waals surface area (Å²) < 4.78 is 47.1. The smallest absolute Gasteiger partial charge is 0.416 e. The van der Waals surface area contributed by atoms with Crippen LogP contribution in [0.15, 0.2) is 53.6 Å². The van der Waals surface area contributed by atoms with Crippen molar-refractivity contribution < 1.29 is 27.8 Å². The van der Waals surface area contributed by atoms with Crippen LogP contribution < -0.4 is 15.6 Å². The Bertz CT molecular complexity index is 1320. The summed E-state index contributed by atoms with van der Waals surface area (Å²) in [5, 5.41) is 21.1. The van der Waals surface area contributed by atoms with Crippen LogP contribution in [0.3, 0.4) is 0 Å². The molecule has 1 saturated carbocycles. The van der Waals surface area contributed by atoms with E-state index in [9.17, 15) is 27.9 Å². The summed E-state index contributed by atoms with van der Waals surface area (Å²) in [5.74, 6) is -0.0929. The summed E-state index contributed by atoms with van der Waals surface area (Å²) in [6.45, 7) is 3.51. The number of aliphatic hydroxyl groups is 1. The molecule has 1 unspecified atom stereocenters. The Kier molecular flexibility index (Phi) is 7.91. The minimum atomic E-state index is -4.54. The number of ether oxygens (including phenoxy) is 1. The van der Waals surface area contributed by atoms with Crippen molar-refractivity contribution in [2.75, 3.05) is 5.32 Å². The standard InChI is InChI=1S/C26H30F3N5O4/c1-25(2,37)16-33-11-10-22(32-33)31-24(36)21(12-17-6-3-4-7-17)34-23(35)14-20(15-30-34)38-19-9-5-8-18(13-19)26(27,28)29/h5,8-11,13-15,17,21,37H,3-4,6-7,12,16H2,1-2H3,(H,31,32,36). The summed E-state index contributed by atoms with van der Waals surface area (Å²) >= 11 is 0. The molecule has 204 valence electrons. The zero-order valence-electron chi connectivity index (χ0n) is 21.1. The highest BCUT2D eigenvalue weighted by Gasteiger charge is 2.31. The molecule has 0 bridgehead atoms. The fourth-order valence-corrected chi connectivity index (χ4v) is 4.57. The number of nitrogens with zero attached hydrogens (tertiary/aromatic N) is 4. The van der Waals surface area contributed by atoms with Gasteiger partial charge in [-0.3, -0.25) is 14.3 Å². The van der Waals surface area contributed by atoms with Crippen LogP contribution >= 0.6 is 0 Å². The number of hydrogen-bond acceptors (Lipinski definition) is 6. The van der Waals surface area contributed by atoms with Crippen molar-refractivity contribution in [3.63, 3.8) is 0 Å². The predicted octanol–water partition coefficient (Wildman–Crippen LogP) is 4.78. The molecule has 2 N–H and O–H groups in total. The number of benzene rings is 1. The van der Waals surface area contributed by atoms with Gasteiger partial charge in [0.1, 0.15) is 11.8 Å². The molecule has 38 heavy (non-hydrogen) atoms. The lowest BCUT2D eigenvalue weighted by atomic mass is 9.98. The molecule has 4 rings (SSSR count). The van der Waals surface area contributed by atoms with Gasteiger partial charge in [-0.25, -0.2) is 4.68 Å². The van der Waals surface area contributed by atoms with E-state index in [0.717, 1.165) is 48.6 Å². The number of carbonyl (C=O) groups excluding carboxylic acids is 1. The van der Waals surface area contributed by atoms with Crippen LogP contribution in [0.2, 0.25) is 0 Å². The van der Waals surface area contributed by atoms with E-state index in [0.29, 0.717) is 6.42 Å². The average molecular weight is 534 g/mol. The van der Waals surface area contributed by atoms with Crippen LogP contribution in [-0.2, 0) is 17.5 Å². The summed E-state index contributed by atoms with van der Waals surface area (Å²) in [6, 6.07) is 6.07. The lowest BCUT2D eigenvalue weighted by molar-refractivity contribution is -0.137. The number of amides is 1. The molecule has 1 amide bonds. The second-order valence-electron chi connectivity index (χ2n) is 10.2. The van der Waals surface area contributed by atoms with Crippen LogP contribution in [0.25, 0.3) is 0 Å². The van der Waals surface area contributed by atoms with Crippen LogP contribution in [0.1, 0.15) is 57.6 Å². The van der Waals surface area contributed by atoms with Gasteiger partial charge >= 0.3 is 6.18 Å². The molecule has 1 aromatic carbocycles. The number of aromatic nitrogens is 4. The molecule has 9 nitrogen and oxygen atoms in total. The van der Waals surface area contributed by atoms with Gasteiger partial charge in [0.25, 0.3) is 11.5 Å². The van der Waals surface area contributed by atoms with Crippen molar-refractivity contribution in [3.05, 3.63) is 64.7 Å². The quantitative estimate of drug-likeness (QED) is 0.410. The number of anilines is 1. The van der Waals surface area contributed by atoms with E-state index < -0.39 is 34.8 Å². The molecule has 0 saturated heterocycles. The van der Waals surface area contributed by atoms with Gasteiger partial charge in [-0.05, 0) is 44.4 Å². The summed E-state index contributed by atoms with van der Waals surface area (Å²) in [7, 11) is 0. The molecule has 0 radical (unpaired) electrons. The van der Waals surface area contributed by atoms with Crippen molar-refractivity contribution in [1.82, 2.24) is 19.6 Å². The molecule has 2 aromatic heterocycles. The molecule has 2 heterocycles. The zero-order chi connectivity index (χ0) is 27.5. The molecule has 1 atom stereocenters. The molecular formula is C26H30F3N5O4. The monoisotopic (exact) mass is 533 g/mol. The number of nitrogens with one attached hydrogen (secondary N) is 1. The average Bonchev–Trinajstić information content (AvgIpc) is 3.48. The Morgan fingerprint density at radius 2 is 1.92 bits per heavy atom. The minimum Gasteiger partial charge on any atom is -0.455 e. The topological polar surface area (TPSA) is 111 Å². The van der Waals surface area contributed by atoms with Crippen LogP contribution in [-0.4, -0.2) is 36.2 Å². The summed E-state index contributed by atoms with van der Waals surface area (Å²) in [5.41, 5.74) is -2.50. The van der Waals surface area contributed by atoms with Crippen molar-refractivity contribution in [1.29, 1.82) is 0 Å². The van der Waals surface area contributed by atoms with Gasteiger partial charge in [0.05, 0.1) is 23.9 Å². The van der Waals surface area contributed by atoms with Crippen molar-refractivity contribution >= 4 is 11.7 Å². The van der Waals surface area contributed by atoms with E-state index in [4.69, 9.17) is 4.74 Å². The maximum Gasteiger partial charge on any atom is 0.416 e. The second kappa shape index (κ2) is 11.0. The summed E-state index contributed by atoms with van der Waals surface area (Å²) in [6.07, 6.45) is 2.67. The minimum absolute atomic E-state index is 0.0454. The Labute approximate surface area is 217 Å². The van der Waals surface area contributed by atoms with E-state index in [2.05, 4.69) is 15.5 Å². The normalized spacial score (nSPS) is 15.4. The largest absolute Gasteiger partial charge is 0.455 e. The van der Waals surface area contributed by atoms with Gasteiger partial charge in [-0.1, -0.05) is 31.7 Å². The Morgan fingerprint density at radius 3 is 2.58 bits per heavy atom. The first-order chi connectivity index (χ1) is 17.9. The highest BCUT2D eigenvalue weighted by atomic mass is 19.4. The molecule has 12 heteroatoms. The van der Waals surface area contributed by atoms with Gasteiger partial charge in [-0.15, -0.1) is 0 Å². The SMILES string of the molecule is CC(C)(O)Cn1ccc(NC(=O)C(CC2CCCC2)n2ncc(Oc3cccc(C(F)(F)F)c3)cc2=O)n1. The third kappa shape index (κ3) is 7.21. The zero-order valence-corrected chi connectivity index (χ0v) is 21.1. The molecule has 0 spiro atoms. The third-order valence-electron chi connectivity index (χ3n) is 6.27. The number of rotatable bonds is 9. The Balaban J connectivity index is 1.54. The molecule has 1 fully saturated rings. The molecule has 1 aliphatic rings. The number of carbonyl (C=O) groups is 1. The van der Waals surface area contributed by atoms with E-state index in [-0.39, 0.29) is 29.8 Å². The highest BCUT2D eigenvalue weighted by molar-refractivity contribution is 5.92. The van der Waals surface area contributed by atoms with Crippen LogP contribution in [0, 0.1) is 5.92 Å². The Hall–Kier alpha value is -3.67. The molecular weight excluding hydrogens is 503 g/mol. The second-order valence-corrected chi connectivity index (χ2v) is 10.2. The maximum absolute atomic E-state index is 13.3. The fourth-order valence-electron chi connectivity index (χ4n) is 4.57. The van der Waals surface area contributed by atoms with Crippen molar-refractivity contribution in [2.45, 2.75) is 70.3 Å². The molecule has 0 aliphatic heterocycles. The van der Waals surface area contributed by atoms with Gasteiger partial charge in [-0.2, -0.15) is 23.4 Å². The third-order valence-corrected chi connectivity index (χ3v) is 6.27. The number of alkyl halides is 3. The number of halogens is 3. The fraction of sp³-hybridized carbons (Fsp3) is 0.462. The van der Waals surface area contributed by atoms with Crippen LogP contribution in [0.4, 0.5) is 19.0 Å². The van der Waals surface area contributed by atoms with E-state index in [1.54, 1.807) is 26.1 Å². The Morgan fingerprint density at radius 1 is 1.18 bits per heavy atom. The highest BCUT2D eigenvalue weighted by Crippen LogP contribution is 2.33. The first-order valence-corrected chi connectivity index (χ1v) is 12.4. The van der Waals surface area contributed by atoms with E-state index >= 15 is 0 Å². The van der Waals surface area contributed by atoms with E-state index in [1.807, 2.05) is 0 Å². The predicted molar refractivity (Wildman–Crippen MR) is 133 cm³/mol. The molecule has 3 aromatic rings. The first-order valence-electron chi connectivity index (χ1n) is 12.4. The van der Waals surface area contributed by atoms with Gasteiger partial charge in [0.2, 0.25) is 0 Å². The van der Waals surface area contributed by atoms with Gasteiger partial charge in [0, 0.05) is 18.3 Å². The van der Waals surface area contributed by atoms with Crippen molar-refractivity contribution in [3.8, 4) is 11.5 Å². The summed E-state index contributed by atoms with van der Waals surface area (Å²) in [4.78, 5) is 26.3. The molecule has 1 aliphatic carbocycles. The van der Waals surface area contributed by atoms with Gasteiger partial charge < -0.3 is 15.2 Å². The number of hydrogen-bond donors (Lipinski definition) is 2. The maximum atomic E-state index is 13.3. The lowest BCUT2D eigenvalue weighted by Crippen LogP contribution is -2.36. The lowest BCUT2D eigenvalue weighted by Gasteiger charge is -2.21. The van der Waals surface area contributed by atoms with Crippen LogP contribution in [0.5, 0.6) is 11.5 Å². The van der Waals surface area contributed by atoms with E-state index in [1.165, 1.54) is 23.0 Å². The van der Waals surface area contributed by atoms with Crippen molar-refractivity contribution in [2.24, 2.45) is 5.92 Å².